The molecule has 1 heterocycles. The van der Waals surface area contributed by atoms with E-state index in [2.05, 4.69) is 10.6 Å². The van der Waals surface area contributed by atoms with Crippen molar-refractivity contribution in [3.63, 3.8) is 0 Å². The van der Waals surface area contributed by atoms with E-state index in [0.717, 1.165) is 18.7 Å². The first kappa shape index (κ1) is 12.0. The molecule has 18 heavy (non-hydrogen) atoms. The van der Waals surface area contributed by atoms with Gasteiger partial charge in [0, 0.05) is 6.04 Å². The minimum atomic E-state index is -0.124. The molecule has 0 radical (unpaired) electrons. The number of benzene rings is 1. The quantitative estimate of drug-likeness (QED) is 0.840. The molecule has 98 valence electrons. The Morgan fingerprint density at radius 2 is 2.00 bits per heavy atom. The topological polar surface area (TPSA) is 24.1 Å². The maximum Gasteiger partial charge on any atom is 0.146 e. The van der Waals surface area contributed by atoms with Crippen molar-refractivity contribution >= 4 is 5.69 Å². The van der Waals surface area contributed by atoms with Crippen LogP contribution in [0.5, 0.6) is 0 Å². The van der Waals surface area contributed by atoms with Crippen molar-refractivity contribution in [3.05, 3.63) is 29.6 Å². The number of hydrogen-bond donors (Lipinski definition) is 2. The molecule has 3 heteroatoms. The van der Waals surface area contributed by atoms with Crippen LogP contribution in [0.1, 0.15) is 31.2 Å². The minimum absolute atomic E-state index is 0.124. The van der Waals surface area contributed by atoms with Gasteiger partial charge >= 0.3 is 0 Å². The maximum absolute atomic E-state index is 13.7. The first-order valence-electron chi connectivity index (χ1n) is 6.91. The summed E-state index contributed by atoms with van der Waals surface area (Å²) in [5, 5.41) is 6.80. The molecule has 1 aliphatic carbocycles. The Morgan fingerprint density at radius 3 is 2.67 bits per heavy atom. The number of nitrogens with one attached hydrogen (secondary N) is 2. The van der Waals surface area contributed by atoms with Gasteiger partial charge < -0.3 is 10.6 Å². The van der Waals surface area contributed by atoms with Crippen molar-refractivity contribution < 1.29 is 4.39 Å². The lowest BCUT2D eigenvalue weighted by Crippen LogP contribution is -2.50. The number of halogens is 1. The van der Waals surface area contributed by atoms with E-state index in [1.54, 1.807) is 6.07 Å². The molecule has 2 N–H and O–H groups in total. The molecule has 2 aliphatic rings. The van der Waals surface area contributed by atoms with Crippen LogP contribution in [0.2, 0.25) is 0 Å². The number of rotatable bonds is 2. The fraction of sp³-hybridized carbons (Fsp3) is 0.600. The lowest BCUT2D eigenvalue weighted by Gasteiger charge is -2.51. The molecule has 0 unspecified atom stereocenters. The van der Waals surface area contributed by atoms with E-state index in [1.807, 2.05) is 13.0 Å². The van der Waals surface area contributed by atoms with Gasteiger partial charge in [0.15, 0.2) is 0 Å². The third kappa shape index (κ3) is 2.12. The molecule has 0 bridgehead atoms. The first-order valence-corrected chi connectivity index (χ1v) is 6.91. The maximum atomic E-state index is 13.7. The summed E-state index contributed by atoms with van der Waals surface area (Å²) < 4.78 is 13.7. The number of anilines is 1. The smallest absolute Gasteiger partial charge is 0.146 e. The van der Waals surface area contributed by atoms with Crippen molar-refractivity contribution in [1.29, 1.82) is 0 Å². The molecule has 2 fully saturated rings. The van der Waals surface area contributed by atoms with Gasteiger partial charge in [-0.3, -0.25) is 0 Å². The fourth-order valence-electron chi connectivity index (χ4n) is 3.47. The predicted molar refractivity (Wildman–Crippen MR) is 72.3 cm³/mol. The van der Waals surface area contributed by atoms with Gasteiger partial charge in [-0.1, -0.05) is 12.1 Å². The highest BCUT2D eigenvalue weighted by Crippen LogP contribution is 2.49. The number of para-hydroxylation sites is 1. The van der Waals surface area contributed by atoms with Crippen LogP contribution in [-0.4, -0.2) is 19.1 Å². The number of hydrogen-bond acceptors (Lipinski definition) is 2. The van der Waals surface area contributed by atoms with E-state index >= 15 is 0 Å². The number of aryl methyl sites for hydroxylation is 1. The normalized spacial score (nSPS) is 22.8. The number of piperidine rings is 1. The summed E-state index contributed by atoms with van der Waals surface area (Å²) in [7, 11) is 0. The zero-order chi connectivity index (χ0) is 12.6. The Bertz CT molecular complexity index is 410. The van der Waals surface area contributed by atoms with Crippen LogP contribution in [0.25, 0.3) is 0 Å². The molecule has 3 rings (SSSR count). The average molecular weight is 248 g/mol. The molecule has 1 aromatic carbocycles. The molecular formula is C15H21FN2. The molecule has 1 spiro atoms. The molecule has 1 aliphatic heterocycles. The Morgan fingerprint density at radius 1 is 1.28 bits per heavy atom. The summed E-state index contributed by atoms with van der Waals surface area (Å²) in [5.41, 5.74) is 2.25. The van der Waals surface area contributed by atoms with E-state index in [-0.39, 0.29) is 5.82 Å². The monoisotopic (exact) mass is 248 g/mol. The van der Waals surface area contributed by atoms with E-state index in [4.69, 9.17) is 0 Å². The molecule has 1 saturated carbocycles. The summed E-state index contributed by atoms with van der Waals surface area (Å²) in [4.78, 5) is 0. The Hall–Kier alpha value is -1.09. The SMILES string of the molecule is Cc1cccc(F)c1NC1CC2(CCNCC2)C1. The molecule has 1 saturated heterocycles. The van der Waals surface area contributed by atoms with Crippen molar-refractivity contribution in [2.24, 2.45) is 5.41 Å². The van der Waals surface area contributed by atoms with Crippen molar-refractivity contribution in [2.45, 2.75) is 38.6 Å². The molecule has 0 aromatic heterocycles. The fourth-order valence-corrected chi connectivity index (χ4v) is 3.47. The summed E-state index contributed by atoms with van der Waals surface area (Å²) in [5.74, 6) is -0.124. The lowest BCUT2D eigenvalue weighted by atomic mass is 9.60. The standard InChI is InChI=1S/C15H21FN2/c1-11-3-2-4-13(16)14(11)18-12-9-15(10-12)5-7-17-8-6-15/h2-4,12,17-18H,5-10H2,1H3. The van der Waals surface area contributed by atoms with Crippen LogP contribution in [0, 0.1) is 18.2 Å². The van der Waals surface area contributed by atoms with Gasteiger partial charge in [0.1, 0.15) is 5.82 Å². The molecule has 2 nitrogen and oxygen atoms in total. The third-order valence-corrected chi connectivity index (χ3v) is 4.59. The minimum Gasteiger partial charge on any atom is -0.380 e. The lowest BCUT2D eigenvalue weighted by molar-refractivity contribution is 0.0717. The Labute approximate surface area is 108 Å². The molecule has 0 amide bonds. The van der Waals surface area contributed by atoms with Crippen LogP contribution >= 0.6 is 0 Å². The summed E-state index contributed by atoms with van der Waals surface area (Å²) in [6.07, 6.45) is 4.95. The second kappa shape index (κ2) is 4.54. The molecule has 0 atom stereocenters. The largest absolute Gasteiger partial charge is 0.380 e. The summed E-state index contributed by atoms with van der Waals surface area (Å²) >= 11 is 0. The van der Waals surface area contributed by atoms with Crippen LogP contribution in [0.3, 0.4) is 0 Å². The van der Waals surface area contributed by atoms with Gasteiger partial charge in [-0.15, -0.1) is 0 Å². The average Bonchev–Trinajstić information content (AvgIpc) is 2.33. The van der Waals surface area contributed by atoms with Crippen LogP contribution in [0.4, 0.5) is 10.1 Å². The van der Waals surface area contributed by atoms with E-state index in [0.29, 0.717) is 17.1 Å². The zero-order valence-electron chi connectivity index (χ0n) is 10.9. The van der Waals surface area contributed by atoms with Gasteiger partial charge in [-0.05, 0) is 62.7 Å². The first-order chi connectivity index (χ1) is 8.69. The highest BCUT2D eigenvalue weighted by atomic mass is 19.1. The Kier molecular flexibility index (Phi) is 3.02. The van der Waals surface area contributed by atoms with Crippen LogP contribution in [0.15, 0.2) is 18.2 Å². The summed E-state index contributed by atoms with van der Waals surface area (Å²) in [6.45, 7) is 4.25. The second-order valence-electron chi connectivity index (χ2n) is 5.93. The Balaban J connectivity index is 1.62. The van der Waals surface area contributed by atoms with Gasteiger partial charge in [-0.2, -0.15) is 0 Å². The van der Waals surface area contributed by atoms with Crippen molar-refractivity contribution in [2.75, 3.05) is 18.4 Å². The van der Waals surface area contributed by atoms with Gasteiger partial charge in [0.25, 0.3) is 0 Å². The molecule has 1 aromatic rings. The third-order valence-electron chi connectivity index (χ3n) is 4.59. The van der Waals surface area contributed by atoms with Gasteiger partial charge in [-0.25, -0.2) is 4.39 Å². The highest BCUT2D eigenvalue weighted by molar-refractivity contribution is 5.52. The van der Waals surface area contributed by atoms with E-state index < -0.39 is 0 Å². The van der Waals surface area contributed by atoms with E-state index in [9.17, 15) is 4.39 Å². The molecular weight excluding hydrogens is 227 g/mol. The van der Waals surface area contributed by atoms with Gasteiger partial charge in [0.2, 0.25) is 0 Å². The van der Waals surface area contributed by atoms with Crippen LogP contribution in [-0.2, 0) is 0 Å². The second-order valence-corrected chi connectivity index (χ2v) is 5.93. The van der Waals surface area contributed by atoms with Crippen molar-refractivity contribution in [3.8, 4) is 0 Å². The summed E-state index contributed by atoms with van der Waals surface area (Å²) in [6, 6.07) is 5.72. The van der Waals surface area contributed by atoms with E-state index in [1.165, 1.54) is 31.7 Å². The highest BCUT2D eigenvalue weighted by Gasteiger charge is 2.44. The van der Waals surface area contributed by atoms with Crippen molar-refractivity contribution in [1.82, 2.24) is 5.32 Å². The zero-order valence-corrected chi connectivity index (χ0v) is 10.9. The van der Waals surface area contributed by atoms with Gasteiger partial charge in [0.05, 0.1) is 5.69 Å². The predicted octanol–water partition coefficient (Wildman–Crippen LogP) is 3.08. The van der Waals surface area contributed by atoms with Crippen LogP contribution < -0.4 is 10.6 Å².